The molecule has 1 heterocycles. The number of nitrogens with zero attached hydrogens (tertiary/aromatic N) is 1. The van der Waals surface area contributed by atoms with Crippen molar-refractivity contribution in [3.63, 3.8) is 0 Å². The first-order valence-electron chi connectivity index (χ1n) is 7.49. The summed E-state index contributed by atoms with van der Waals surface area (Å²) in [4.78, 5) is 14.3. The normalized spacial score (nSPS) is 26.6. The van der Waals surface area contributed by atoms with E-state index in [2.05, 4.69) is 0 Å². The van der Waals surface area contributed by atoms with Gasteiger partial charge in [-0.3, -0.25) is 4.79 Å². The minimum atomic E-state index is 0. The van der Waals surface area contributed by atoms with Gasteiger partial charge in [0.1, 0.15) is 0 Å². The molecule has 122 valence electrons. The lowest BCUT2D eigenvalue weighted by Gasteiger charge is -2.18. The maximum atomic E-state index is 12.3. The van der Waals surface area contributed by atoms with Gasteiger partial charge in [0, 0.05) is 29.9 Å². The molecule has 0 radical (unpaired) electrons. The van der Waals surface area contributed by atoms with Gasteiger partial charge in [0.15, 0.2) is 0 Å². The lowest BCUT2D eigenvalue weighted by atomic mass is 9.98. The van der Waals surface area contributed by atoms with Gasteiger partial charge in [-0.05, 0) is 42.4 Å². The van der Waals surface area contributed by atoms with Crippen LogP contribution in [0.3, 0.4) is 0 Å². The van der Waals surface area contributed by atoms with Crippen molar-refractivity contribution in [2.45, 2.75) is 24.6 Å². The number of halogens is 2. The number of carbonyl (C=O) groups is 1. The Kier molecular flexibility index (Phi) is 6.45. The Labute approximate surface area is 147 Å². The first kappa shape index (κ1) is 17.9. The van der Waals surface area contributed by atoms with Crippen LogP contribution in [0.2, 0.25) is 5.02 Å². The summed E-state index contributed by atoms with van der Waals surface area (Å²) in [6.45, 7) is 1.78. The minimum absolute atomic E-state index is 0. The Balaban J connectivity index is 0.00000176. The molecule has 0 spiro atoms. The highest BCUT2D eigenvalue weighted by Gasteiger charge is 2.42. The topological polar surface area (TPSA) is 46.3 Å². The van der Waals surface area contributed by atoms with Gasteiger partial charge < -0.3 is 10.6 Å². The van der Waals surface area contributed by atoms with Gasteiger partial charge in [0.05, 0.1) is 5.75 Å². The minimum Gasteiger partial charge on any atom is -0.341 e. The number of benzene rings is 1. The van der Waals surface area contributed by atoms with Crippen molar-refractivity contribution in [2.75, 3.05) is 18.8 Å². The average molecular weight is 361 g/mol. The number of rotatable bonds is 4. The number of hydrogen-bond acceptors (Lipinski definition) is 3. The van der Waals surface area contributed by atoms with E-state index in [0.29, 0.717) is 23.6 Å². The first-order valence-corrected chi connectivity index (χ1v) is 9.02. The summed E-state index contributed by atoms with van der Waals surface area (Å²) in [5.74, 6) is 2.84. The second kappa shape index (κ2) is 7.91. The number of hydrogen-bond donors (Lipinski definition) is 1. The van der Waals surface area contributed by atoms with Crippen LogP contribution in [-0.4, -0.2) is 35.7 Å². The predicted octanol–water partition coefficient (Wildman–Crippen LogP) is 3.19. The van der Waals surface area contributed by atoms with Gasteiger partial charge in [-0.25, -0.2) is 0 Å². The van der Waals surface area contributed by atoms with Crippen molar-refractivity contribution < 1.29 is 4.79 Å². The van der Waals surface area contributed by atoms with Gasteiger partial charge in [-0.2, -0.15) is 0 Å². The summed E-state index contributed by atoms with van der Waals surface area (Å²) in [6.07, 6.45) is 2.32. The number of thioether (sulfide) groups is 1. The Morgan fingerprint density at radius 1 is 1.27 bits per heavy atom. The van der Waals surface area contributed by atoms with Crippen LogP contribution in [0.5, 0.6) is 0 Å². The molecule has 1 aromatic rings. The summed E-state index contributed by atoms with van der Waals surface area (Å²) in [5.41, 5.74) is 7.32. The number of fused-ring (bicyclic) bond motifs is 1. The lowest BCUT2D eigenvalue weighted by Crippen LogP contribution is -2.34. The summed E-state index contributed by atoms with van der Waals surface area (Å²) in [7, 11) is 0. The van der Waals surface area contributed by atoms with E-state index in [1.165, 1.54) is 12.0 Å². The summed E-state index contributed by atoms with van der Waals surface area (Å²) >= 11 is 7.53. The summed E-state index contributed by atoms with van der Waals surface area (Å²) in [6, 6.07) is 8.11. The SMILES string of the molecule is Cl.NC1CCC2CN(C(=O)CSCc3ccc(Cl)cc3)CC12. The molecule has 1 aliphatic carbocycles. The second-order valence-corrected chi connectivity index (χ2v) is 7.51. The fourth-order valence-corrected chi connectivity index (χ4v) is 4.45. The molecule has 1 aromatic carbocycles. The van der Waals surface area contributed by atoms with Crippen LogP contribution < -0.4 is 5.73 Å². The zero-order valence-electron chi connectivity index (χ0n) is 12.4. The lowest BCUT2D eigenvalue weighted by molar-refractivity contribution is -0.127. The van der Waals surface area contributed by atoms with Crippen LogP contribution in [0.15, 0.2) is 24.3 Å². The van der Waals surface area contributed by atoms with E-state index in [-0.39, 0.29) is 18.3 Å². The van der Waals surface area contributed by atoms with E-state index in [9.17, 15) is 4.79 Å². The van der Waals surface area contributed by atoms with Crippen molar-refractivity contribution in [1.29, 1.82) is 0 Å². The zero-order valence-corrected chi connectivity index (χ0v) is 14.8. The second-order valence-electron chi connectivity index (χ2n) is 6.08. The van der Waals surface area contributed by atoms with Crippen molar-refractivity contribution in [1.82, 2.24) is 4.90 Å². The van der Waals surface area contributed by atoms with Crippen molar-refractivity contribution in [3.05, 3.63) is 34.9 Å². The molecule has 0 aromatic heterocycles. The molecule has 3 unspecified atom stereocenters. The van der Waals surface area contributed by atoms with E-state index in [1.54, 1.807) is 11.8 Å². The van der Waals surface area contributed by atoms with Gasteiger partial charge in [-0.1, -0.05) is 23.7 Å². The smallest absolute Gasteiger partial charge is 0.232 e. The number of carbonyl (C=O) groups excluding carboxylic acids is 1. The van der Waals surface area contributed by atoms with Crippen molar-refractivity contribution in [2.24, 2.45) is 17.6 Å². The van der Waals surface area contributed by atoms with Crippen LogP contribution >= 0.6 is 35.8 Å². The predicted molar refractivity (Wildman–Crippen MR) is 95.6 cm³/mol. The first-order chi connectivity index (χ1) is 10.1. The maximum absolute atomic E-state index is 12.3. The molecule has 2 aliphatic rings. The fourth-order valence-electron chi connectivity index (χ4n) is 3.44. The van der Waals surface area contributed by atoms with Gasteiger partial charge in [0.2, 0.25) is 5.91 Å². The standard InChI is InChI=1S/C16H21ClN2OS.ClH/c17-13-4-1-11(2-5-13)9-21-10-16(20)19-7-12-3-6-15(18)14(12)8-19;/h1-2,4-5,12,14-15H,3,6-10,18H2;1H. The number of nitrogens with two attached hydrogens (primary N) is 1. The van der Waals surface area contributed by atoms with Gasteiger partial charge >= 0.3 is 0 Å². The molecule has 1 aliphatic heterocycles. The van der Waals surface area contributed by atoms with E-state index >= 15 is 0 Å². The van der Waals surface area contributed by atoms with E-state index in [1.807, 2.05) is 29.2 Å². The molecule has 1 saturated heterocycles. The summed E-state index contributed by atoms with van der Waals surface area (Å²) in [5, 5.41) is 0.750. The molecule has 2 fully saturated rings. The number of likely N-dealkylation sites (tertiary alicyclic amines) is 1. The van der Waals surface area contributed by atoms with Gasteiger partial charge in [-0.15, -0.1) is 24.2 Å². The van der Waals surface area contributed by atoms with Crippen LogP contribution in [0, 0.1) is 11.8 Å². The monoisotopic (exact) mass is 360 g/mol. The molecular formula is C16H22Cl2N2OS. The highest BCUT2D eigenvalue weighted by atomic mass is 35.5. The van der Waals surface area contributed by atoms with E-state index < -0.39 is 0 Å². The van der Waals surface area contributed by atoms with Crippen LogP contribution in [0.4, 0.5) is 0 Å². The maximum Gasteiger partial charge on any atom is 0.232 e. The van der Waals surface area contributed by atoms with Crippen LogP contribution in [0.25, 0.3) is 0 Å². The molecule has 3 atom stereocenters. The molecule has 1 saturated carbocycles. The van der Waals surface area contributed by atoms with E-state index in [0.717, 1.165) is 30.3 Å². The molecule has 3 rings (SSSR count). The highest BCUT2D eigenvalue weighted by molar-refractivity contribution is 7.99. The third kappa shape index (κ3) is 4.10. The van der Waals surface area contributed by atoms with Crippen LogP contribution in [-0.2, 0) is 10.5 Å². The van der Waals surface area contributed by atoms with Gasteiger partial charge in [0.25, 0.3) is 0 Å². The highest BCUT2D eigenvalue weighted by Crippen LogP contribution is 2.37. The third-order valence-corrected chi connectivity index (χ3v) is 5.91. The quantitative estimate of drug-likeness (QED) is 0.896. The fraction of sp³-hybridized carbons (Fsp3) is 0.562. The average Bonchev–Trinajstić information content (AvgIpc) is 3.04. The largest absolute Gasteiger partial charge is 0.341 e. The molecule has 1 amide bonds. The van der Waals surface area contributed by atoms with E-state index in [4.69, 9.17) is 17.3 Å². The zero-order chi connectivity index (χ0) is 14.8. The third-order valence-electron chi connectivity index (χ3n) is 4.67. The molecular weight excluding hydrogens is 339 g/mol. The van der Waals surface area contributed by atoms with Crippen molar-refractivity contribution in [3.8, 4) is 0 Å². The Morgan fingerprint density at radius 2 is 2.00 bits per heavy atom. The van der Waals surface area contributed by atoms with Crippen molar-refractivity contribution >= 4 is 41.7 Å². The molecule has 3 nitrogen and oxygen atoms in total. The van der Waals surface area contributed by atoms with Crippen LogP contribution in [0.1, 0.15) is 18.4 Å². The molecule has 2 N–H and O–H groups in total. The Bertz CT molecular complexity index is 511. The molecule has 6 heteroatoms. The molecule has 0 bridgehead atoms. The summed E-state index contributed by atoms with van der Waals surface area (Å²) < 4.78 is 0. The Morgan fingerprint density at radius 3 is 2.68 bits per heavy atom. The molecule has 22 heavy (non-hydrogen) atoms. The Hall–Kier alpha value is -0.420. The number of amides is 1.